The lowest BCUT2D eigenvalue weighted by atomic mass is 9.95. The SMILES string of the molecule is CC1(C)S[C@@H]2[C@H](NC(=O)C(NC(=O)CN=C(N)c3cc(I)cc(I)c3)c3ccccc3)C(=O)N2[C@H]1C(=O)O. The molecular formula is C25H25I2N5O5S. The van der Waals surface area contributed by atoms with E-state index in [1.807, 2.05) is 18.2 Å². The molecule has 4 rings (SSSR count). The molecule has 2 aromatic carbocycles. The van der Waals surface area contributed by atoms with E-state index < -0.39 is 51.9 Å². The largest absolute Gasteiger partial charge is 0.480 e. The highest BCUT2D eigenvalue weighted by molar-refractivity contribution is 14.1. The first-order valence-electron chi connectivity index (χ1n) is 11.5. The van der Waals surface area contributed by atoms with Gasteiger partial charge in [0.1, 0.15) is 35.9 Å². The van der Waals surface area contributed by atoms with Crippen LogP contribution in [0.2, 0.25) is 0 Å². The number of hydrogen-bond donors (Lipinski definition) is 4. The summed E-state index contributed by atoms with van der Waals surface area (Å²) in [7, 11) is 0. The van der Waals surface area contributed by atoms with Gasteiger partial charge in [0.25, 0.3) is 0 Å². The number of nitrogens with two attached hydrogens (primary N) is 1. The molecule has 0 saturated carbocycles. The summed E-state index contributed by atoms with van der Waals surface area (Å²) in [5, 5.41) is 14.5. The zero-order valence-corrected chi connectivity index (χ0v) is 25.5. The van der Waals surface area contributed by atoms with Crippen molar-refractivity contribution in [2.24, 2.45) is 10.7 Å². The smallest absolute Gasteiger partial charge is 0.327 e. The summed E-state index contributed by atoms with van der Waals surface area (Å²) >= 11 is 5.68. The number of carbonyl (C=O) groups is 4. The molecule has 13 heteroatoms. The molecule has 2 aliphatic heterocycles. The van der Waals surface area contributed by atoms with Crippen LogP contribution in [0.25, 0.3) is 0 Å². The summed E-state index contributed by atoms with van der Waals surface area (Å²) in [6.07, 6.45) is 0. The average Bonchev–Trinajstić information content (AvgIpc) is 3.12. The van der Waals surface area contributed by atoms with E-state index in [4.69, 9.17) is 5.73 Å². The Labute approximate surface area is 250 Å². The van der Waals surface area contributed by atoms with Gasteiger partial charge in [-0.15, -0.1) is 11.8 Å². The number of nitrogens with one attached hydrogen (secondary N) is 2. The minimum absolute atomic E-state index is 0.200. The normalized spacial score (nSPS) is 22.7. The average molecular weight is 761 g/mol. The number of carboxylic acids is 1. The van der Waals surface area contributed by atoms with E-state index in [1.165, 1.54) is 16.7 Å². The molecule has 0 radical (unpaired) electrons. The summed E-state index contributed by atoms with van der Waals surface area (Å²) in [6.45, 7) is 3.22. The third-order valence-corrected chi connectivity index (χ3v) is 9.04. The summed E-state index contributed by atoms with van der Waals surface area (Å²) in [5.74, 6) is -2.45. The van der Waals surface area contributed by atoms with Gasteiger partial charge in [0.2, 0.25) is 17.7 Å². The Bertz CT molecular complexity index is 1300. The van der Waals surface area contributed by atoms with Crippen molar-refractivity contribution in [1.82, 2.24) is 15.5 Å². The van der Waals surface area contributed by atoms with Gasteiger partial charge in [-0.25, -0.2) is 4.79 Å². The van der Waals surface area contributed by atoms with Crippen LogP contribution in [0.5, 0.6) is 0 Å². The molecule has 0 spiro atoms. The maximum Gasteiger partial charge on any atom is 0.327 e. The highest BCUT2D eigenvalue weighted by Crippen LogP contribution is 2.50. The number of nitrogens with zero attached hydrogens (tertiary/aromatic N) is 2. The van der Waals surface area contributed by atoms with Crippen LogP contribution in [0.3, 0.4) is 0 Å². The zero-order valence-electron chi connectivity index (χ0n) is 20.4. The third kappa shape index (κ3) is 5.93. The van der Waals surface area contributed by atoms with Crippen molar-refractivity contribution in [2.75, 3.05) is 6.54 Å². The molecule has 2 heterocycles. The lowest BCUT2D eigenvalue weighted by Crippen LogP contribution is -2.71. The van der Waals surface area contributed by atoms with Gasteiger partial charge in [-0.3, -0.25) is 19.4 Å². The summed E-state index contributed by atoms with van der Waals surface area (Å²) in [5.41, 5.74) is 7.30. The van der Waals surface area contributed by atoms with Crippen LogP contribution >= 0.6 is 56.9 Å². The van der Waals surface area contributed by atoms with Crippen LogP contribution in [-0.4, -0.2) is 68.3 Å². The van der Waals surface area contributed by atoms with E-state index in [-0.39, 0.29) is 12.4 Å². The zero-order chi connectivity index (χ0) is 27.8. The number of carbonyl (C=O) groups excluding carboxylic acids is 3. The third-order valence-electron chi connectivity index (χ3n) is 6.22. The Morgan fingerprint density at radius 2 is 1.79 bits per heavy atom. The van der Waals surface area contributed by atoms with Gasteiger partial charge in [0.15, 0.2) is 0 Å². The number of aliphatic imine (C=N–C) groups is 1. The second kappa shape index (κ2) is 11.4. The van der Waals surface area contributed by atoms with Crippen LogP contribution in [0.15, 0.2) is 53.5 Å². The fourth-order valence-electron chi connectivity index (χ4n) is 4.48. The number of fused-ring (bicyclic) bond motifs is 1. The number of carboxylic acid groups (broad SMARTS) is 1. The minimum Gasteiger partial charge on any atom is -0.480 e. The van der Waals surface area contributed by atoms with Gasteiger partial charge in [0, 0.05) is 17.5 Å². The van der Waals surface area contributed by atoms with Crippen molar-refractivity contribution in [3.63, 3.8) is 0 Å². The van der Waals surface area contributed by atoms with Gasteiger partial charge in [-0.05, 0) is 82.8 Å². The molecule has 2 aliphatic rings. The molecule has 3 amide bonds. The maximum atomic E-state index is 13.3. The molecule has 2 aromatic rings. The fourth-order valence-corrected chi connectivity index (χ4v) is 8.05. The van der Waals surface area contributed by atoms with Gasteiger partial charge in [0.05, 0.1) is 0 Å². The molecule has 2 saturated heterocycles. The lowest BCUT2D eigenvalue weighted by Gasteiger charge is -2.44. The summed E-state index contributed by atoms with van der Waals surface area (Å²) in [6, 6.07) is 11.4. The highest BCUT2D eigenvalue weighted by atomic mass is 127. The predicted octanol–water partition coefficient (Wildman–Crippen LogP) is 2.09. The van der Waals surface area contributed by atoms with Gasteiger partial charge in [-0.1, -0.05) is 30.3 Å². The fraction of sp³-hybridized carbons (Fsp3) is 0.320. The number of halogens is 2. The van der Waals surface area contributed by atoms with Crippen molar-refractivity contribution in [3.05, 3.63) is 66.8 Å². The Balaban J connectivity index is 1.47. The number of benzene rings is 2. The standard InChI is InChI=1S/C25H25I2N5O5S/c1-25(2)19(24(36)37)32-22(35)18(23(32)38-25)31-21(34)17(12-6-4-3-5-7-12)30-16(33)11-29-20(28)13-8-14(26)10-15(27)9-13/h3-10,17-19,23H,11H2,1-2H3,(H2,28,29)(H,30,33)(H,31,34)(H,36,37)/t17?,18-,19+,23-/m1/s1. The van der Waals surface area contributed by atoms with E-state index in [1.54, 1.807) is 44.2 Å². The molecule has 5 N–H and O–H groups in total. The van der Waals surface area contributed by atoms with Crippen molar-refractivity contribution in [3.8, 4) is 0 Å². The van der Waals surface area contributed by atoms with Crippen LogP contribution < -0.4 is 16.4 Å². The van der Waals surface area contributed by atoms with E-state index in [0.717, 1.165) is 7.14 Å². The summed E-state index contributed by atoms with van der Waals surface area (Å²) in [4.78, 5) is 56.3. The minimum atomic E-state index is -1.09. The van der Waals surface area contributed by atoms with Crippen molar-refractivity contribution in [2.45, 2.75) is 42.1 Å². The molecule has 200 valence electrons. The van der Waals surface area contributed by atoms with Crippen molar-refractivity contribution in [1.29, 1.82) is 0 Å². The quantitative estimate of drug-likeness (QED) is 0.139. The number of rotatable bonds is 8. The van der Waals surface area contributed by atoms with E-state index in [2.05, 4.69) is 60.8 Å². The van der Waals surface area contributed by atoms with Crippen molar-refractivity contribution < 1.29 is 24.3 Å². The second-order valence-corrected chi connectivity index (χ2v) is 13.6. The van der Waals surface area contributed by atoms with Crippen LogP contribution in [-0.2, 0) is 19.2 Å². The molecule has 1 unspecified atom stereocenters. The molecule has 0 aliphatic carbocycles. The van der Waals surface area contributed by atoms with E-state index in [0.29, 0.717) is 11.1 Å². The van der Waals surface area contributed by atoms with Crippen LogP contribution in [0, 0.1) is 7.14 Å². The van der Waals surface area contributed by atoms with Gasteiger partial charge in [-0.2, -0.15) is 0 Å². The predicted molar refractivity (Wildman–Crippen MR) is 160 cm³/mol. The van der Waals surface area contributed by atoms with E-state index in [9.17, 15) is 24.3 Å². The number of thioether (sulfide) groups is 1. The summed E-state index contributed by atoms with van der Waals surface area (Å²) < 4.78 is 1.25. The number of amidine groups is 1. The first kappa shape index (κ1) is 28.6. The van der Waals surface area contributed by atoms with Crippen molar-refractivity contribution >= 4 is 86.5 Å². The first-order valence-corrected chi connectivity index (χ1v) is 14.6. The molecule has 2 fully saturated rings. The molecule has 0 aromatic heterocycles. The number of amides is 3. The maximum absolute atomic E-state index is 13.3. The van der Waals surface area contributed by atoms with Gasteiger partial charge >= 0.3 is 5.97 Å². The Morgan fingerprint density at radius 3 is 2.39 bits per heavy atom. The molecule has 4 atom stereocenters. The number of hydrogen-bond acceptors (Lipinski definition) is 6. The first-order chi connectivity index (χ1) is 17.9. The number of β-lactam (4-membered cyclic amide) rings is 1. The monoisotopic (exact) mass is 761 g/mol. The highest BCUT2D eigenvalue weighted by Gasteiger charge is 2.64. The topological polar surface area (TPSA) is 154 Å². The molecular weight excluding hydrogens is 736 g/mol. The lowest BCUT2D eigenvalue weighted by molar-refractivity contribution is -0.161. The Hall–Kier alpha value is -2.40. The van der Waals surface area contributed by atoms with Crippen LogP contribution in [0.1, 0.15) is 31.0 Å². The second-order valence-electron chi connectivity index (χ2n) is 9.36. The Kier molecular flexibility index (Phi) is 8.56. The molecule has 0 bridgehead atoms. The van der Waals surface area contributed by atoms with Gasteiger partial charge < -0.3 is 26.4 Å². The Morgan fingerprint density at radius 1 is 1.16 bits per heavy atom. The van der Waals surface area contributed by atoms with E-state index >= 15 is 0 Å². The van der Waals surface area contributed by atoms with Crippen LogP contribution in [0.4, 0.5) is 0 Å². The molecule has 38 heavy (non-hydrogen) atoms. The molecule has 10 nitrogen and oxygen atoms in total. The number of aliphatic carboxylic acids is 1.